The molecule has 1 saturated heterocycles. The van der Waals surface area contributed by atoms with Gasteiger partial charge in [-0.1, -0.05) is 0 Å². The fraction of sp³-hybridized carbons (Fsp3) is 0.706. The van der Waals surface area contributed by atoms with Gasteiger partial charge in [0.25, 0.3) is 0 Å². The molecule has 0 spiro atoms. The molecule has 1 aliphatic rings. The van der Waals surface area contributed by atoms with Gasteiger partial charge in [0.05, 0.1) is 32.8 Å². The molecule has 340 valence electrons. The molecule has 26 heteroatoms. The average Bonchev–Trinajstić information content (AvgIpc) is 3.13. The first-order valence-electron chi connectivity index (χ1n) is 18.9. The van der Waals surface area contributed by atoms with E-state index in [2.05, 4.69) is 10.6 Å². The lowest BCUT2D eigenvalue weighted by atomic mass is 10.1. The van der Waals surface area contributed by atoms with Crippen LogP contribution in [0.4, 0.5) is 4.79 Å². The van der Waals surface area contributed by atoms with Crippen LogP contribution in [0.3, 0.4) is 0 Å². The lowest BCUT2D eigenvalue weighted by molar-refractivity contribution is -0.146. The van der Waals surface area contributed by atoms with E-state index in [0.717, 1.165) is 4.90 Å². The van der Waals surface area contributed by atoms with Crippen LogP contribution in [-0.2, 0) is 47.9 Å². The Morgan fingerprint density at radius 2 is 0.983 bits per heavy atom. The van der Waals surface area contributed by atoms with Gasteiger partial charge in [-0.3, -0.25) is 53.2 Å². The van der Waals surface area contributed by atoms with Crippen molar-refractivity contribution in [2.24, 2.45) is 0 Å². The predicted molar refractivity (Wildman–Crippen MR) is 202 cm³/mol. The number of hydrogen-bond acceptors (Lipinski definition) is 15. The molecule has 1 aliphatic heterocycles. The Kier molecular flexibility index (Phi) is 25.0. The highest BCUT2D eigenvalue weighted by Crippen LogP contribution is 2.06. The van der Waals surface area contributed by atoms with Gasteiger partial charge in [-0.05, 0) is 25.7 Å². The number of nitrogens with one attached hydrogen (secondary N) is 3. The Balaban J connectivity index is 2.68. The van der Waals surface area contributed by atoms with E-state index in [1.54, 1.807) is 19.6 Å². The second-order valence-electron chi connectivity index (χ2n) is 13.7. The van der Waals surface area contributed by atoms with Gasteiger partial charge in [-0.25, -0.2) is 14.4 Å². The van der Waals surface area contributed by atoms with E-state index in [9.17, 15) is 78.6 Å². The Bertz CT molecular complexity index is 1450. The van der Waals surface area contributed by atoms with Crippen molar-refractivity contribution in [3.8, 4) is 0 Å². The normalized spacial score (nSPS) is 15.9. The first-order chi connectivity index (χ1) is 28.2. The van der Waals surface area contributed by atoms with Crippen LogP contribution in [0.1, 0.15) is 32.1 Å². The Morgan fingerprint density at radius 1 is 0.550 bits per heavy atom. The molecule has 0 aromatic rings. The fourth-order valence-electron chi connectivity index (χ4n) is 5.80. The van der Waals surface area contributed by atoms with Gasteiger partial charge in [-0.2, -0.15) is 0 Å². The van der Waals surface area contributed by atoms with E-state index in [1.165, 1.54) is 0 Å². The van der Waals surface area contributed by atoms with E-state index in [4.69, 9.17) is 9.84 Å². The molecule has 26 nitrogen and oxygen atoms in total. The number of aliphatic carboxylic acids is 7. The predicted octanol–water partition coefficient (Wildman–Crippen LogP) is -4.25. The molecule has 4 amide bonds. The van der Waals surface area contributed by atoms with Crippen LogP contribution in [0.25, 0.3) is 0 Å². The minimum Gasteiger partial charge on any atom is -0.481 e. The summed E-state index contributed by atoms with van der Waals surface area (Å²) < 4.78 is 5.34. The molecule has 60 heavy (non-hydrogen) atoms. The topological polar surface area (TPSA) is 374 Å². The van der Waals surface area contributed by atoms with Crippen LogP contribution in [0.2, 0.25) is 0 Å². The van der Waals surface area contributed by atoms with E-state index in [1.807, 2.05) is 5.32 Å². The summed E-state index contributed by atoms with van der Waals surface area (Å²) in [6.45, 7) is -1.05. The second-order valence-corrected chi connectivity index (χ2v) is 13.7. The van der Waals surface area contributed by atoms with Crippen molar-refractivity contribution in [2.45, 2.75) is 44.2 Å². The molecule has 1 fully saturated rings. The quantitative estimate of drug-likeness (QED) is 0.0350. The fourth-order valence-corrected chi connectivity index (χ4v) is 5.80. The molecule has 2 atom stereocenters. The molecule has 0 saturated carbocycles. The molecular weight excluding hydrogens is 808 g/mol. The number of urea groups is 1. The highest BCUT2D eigenvalue weighted by atomic mass is 16.5. The minimum absolute atomic E-state index is 0.0570. The molecule has 0 aromatic carbocycles. The summed E-state index contributed by atoms with van der Waals surface area (Å²) in [5.41, 5.74) is 0. The van der Waals surface area contributed by atoms with Crippen molar-refractivity contribution in [3.05, 3.63) is 0 Å². The van der Waals surface area contributed by atoms with E-state index < -0.39 is 97.7 Å². The van der Waals surface area contributed by atoms with Crippen molar-refractivity contribution in [2.75, 3.05) is 111 Å². The van der Waals surface area contributed by atoms with Crippen LogP contribution in [0.15, 0.2) is 0 Å². The molecule has 0 unspecified atom stereocenters. The summed E-state index contributed by atoms with van der Waals surface area (Å²) in [4.78, 5) is 125. The van der Waals surface area contributed by atoms with Gasteiger partial charge < -0.3 is 61.3 Å². The number of carbonyl (C=O) groups excluding carboxylic acids is 3. The summed E-state index contributed by atoms with van der Waals surface area (Å²) in [6, 6.07) is -4.25. The molecule has 0 bridgehead atoms. The Labute approximate surface area is 344 Å². The van der Waals surface area contributed by atoms with Gasteiger partial charge >= 0.3 is 47.8 Å². The maximum atomic E-state index is 12.9. The summed E-state index contributed by atoms with van der Waals surface area (Å²) in [6.07, 6.45) is -1.03. The lowest BCUT2D eigenvalue weighted by Crippen LogP contribution is -2.51. The van der Waals surface area contributed by atoms with Gasteiger partial charge in [0.1, 0.15) is 25.2 Å². The number of amides is 4. The van der Waals surface area contributed by atoms with Crippen LogP contribution in [0, 0.1) is 0 Å². The number of carbonyl (C=O) groups is 10. The third-order valence-corrected chi connectivity index (χ3v) is 8.87. The zero-order valence-corrected chi connectivity index (χ0v) is 33.1. The number of unbranched alkanes of at least 4 members (excludes halogenated alkanes) is 1. The van der Waals surface area contributed by atoms with E-state index in [0.29, 0.717) is 0 Å². The second kappa shape index (κ2) is 28.7. The molecule has 1 rings (SSSR count). The van der Waals surface area contributed by atoms with E-state index in [-0.39, 0.29) is 117 Å². The monoisotopic (exact) mass is 864 g/mol. The lowest BCUT2D eigenvalue weighted by Gasteiger charge is -2.32. The van der Waals surface area contributed by atoms with Gasteiger partial charge in [0.2, 0.25) is 11.8 Å². The maximum Gasteiger partial charge on any atom is 0.326 e. The molecule has 1 heterocycles. The van der Waals surface area contributed by atoms with Crippen LogP contribution in [0.5, 0.6) is 0 Å². The molecule has 10 N–H and O–H groups in total. The van der Waals surface area contributed by atoms with Crippen molar-refractivity contribution in [1.29, 1.82) is 0 Å². The van der Waals surface area contributed by atoms with Gasteiger partial charge in [-0.15, -0.1) is 0 Å². The molecule has 0 aliphatic carbocycles. The third-order valence-electron chi connectivity index (χ3n) is 8.87. The number of ether oxygens (including phenoxy) is 1. The van der Waals surface area contributed by atoms with Crippen molar-refractivity contribution in [3.63, 3.8) is 0 Å². The van der Waals surface area contributed by atoms with Crippen LogP contribution in [-0.4, -0.2) is 243 Å². The molecular formula is C34H56N8O18. The highest BCUT2D eigenvalue weighted by Gasteiger charge is 2.26. The summed E-state index contributed by atoms with van der Waals surface area (Å²) >= 11 is 0. The summed E-state index contributed by atoms with van der Waals surface area (Å²) in [7, 11) is 0. The summed E-state index contributed by atoms with van der Waals surface area (Å²) in [5, 5.41) is 71.5. The maximum absolute atomic E-state index is 12.9. The Hall–Kier alpha value is -5.70. The minimum atomic E-state index is -1.59. The average molecular weight is 865 g/mol. The van der Waals surface area contributed by atoms with Gasteiger partial charge in [0, 0.05) is 71.9 Å². The van der Waals surface area contributed by atoms with Crippen molar-refractivity contribution < 1.29 is 88.4 Å². The zero-order chi connectivity index (χ0) is 45.2. The van der Waals surface area contributed by atoms with Crippen molar-refractivity contribution >= 4 is 59.6 Å². The van der Waals surface area contributed by atoms with Crippen LogP contribution < -0.4 is 16.0 Å². The first-order valence-corrected chi connectivity index (χ1v) is 18.9. The number of carboxylic acid groups (broad SMARTS) is 7. The SMILES string of the molecule is O=C(O)CC[C@H](NC(=O)N[C@@H](CCCCN(CC(=O)O)C(=O)COCCNC(=O)CN1CCN(CC(=O)O)CCN(CC(=O)O)CCN(CC(=O)O)CC1)C(=O)O)C(=O)O. The van der Waals surface area contributed by atoms with Crippen molar-refractivity contribution in [1.82, 2.24) is 40.4 Å². The summed E-state index contributed by atoms with van der Waals surface area (Å²) in [5.74, 6) is -10.1. The molecule has 0 radical (unpaired) electrons. The number of rotatable bonds is 27. The zero-order valence-electron chi connectivity index (χ0n) is 33.1. The first kappa shape index (κ1) is 52.3. The highest BCUT2D eigenvalue weighted by molar-refractivity contribution is 5.86. The number of carboxylic acids is 7. The smallest absolute Gasteiger partial charge is 0.326 e. The number of hydrogen-bond donors (Lipinski definition) is 10. The van der Waals surface area contributed by atoms with E-state index >= 15 is 0 Å². The molecule has 0 aromatic heterocycles. The largest absolute Gasteiger partial charge is 0.481 e. The third kappa shape index (κ3) is 24.9. The number of nitrogens with zero attached hydrogens (tertiary/aromatic N) is 5. The van der Waals surface area contributed by atoms with Gasteiger partial charge in [0.15, 0.2) is 0 Å². The standard InChI is InChI=1S/C34H56N8O18/c43-25(17-38-8-10-39(18-28(47)48)12-14-41(20-30(51)52)15-13-40(11-9-38)19-29(49)50)35-6-16-60-22-26(44)42(21-31(53)54)7-2-1-3-23(32(55)56)36-34(59)37-24(33(57)58)4-5-27(45)46/h23-24H,1-22H2,(H,35,43)(H,45,46)(H,47,48)(H,49,50)(H,51,52)(H,53,54)(H,55,56)(H,57,58)(H2,36,37,59)/t23-,24-/m0/s1. The van der Waals surface area contributed by atoms with Crippen LogP contribution >= 0.6 is 0 Å². The Morgan fingerprint density at radius 3 is 1.38 bits per heavy atom.